The number of fused-ring (bicyclic) bond motifs is 3. The van der Waals surface area contributed by atoms with E-state index in [-0.39, 0.29) is 30.3 Å². The molecular formula is C15H20O6. The molecule has 0 amide bonds. The summed E-state index contributed by atoms with van der Waals surface area (Å²) in [5.74, 6) is -1.88. The number of ether oxygens (including phenoxy) is 4. The molecule has 2 aliphatic heterocycles. The molecule has 1 aliphatic carbocycles. The highest BCUT2D eigenvalue weighted by molar-refractivity contribution is 5.84. The van der Waals surface area contributed by atoms with Gasteiger partial charge in [-0.15, -0.1) is 0 Å². The third-order valence-corrected chi connectivity index (χ3v) is 4.32. The van der Waals surface area contributed by atoms with E-state index < -0.39 is 17.9 Å². The maximum absolute atomic E-state index is 12.3. The van der Waals surface area contributed by atoms with E-state index in [2.05, 4.69) is 0 Å². The smallest absolute Gasteiger partial charge is 0.310 e. The lowest BCUT2D eigenvalue weighted by Gasteiger charge is -2.46. The van der Waals surface area contributed by atoms with Crippen LogP contribution in [-0.4, -0.2) is 43.7 Å². The summed E-state index contributed by atoms with van der Waals surface area (Å²) < 4.78 is 21.7. The van der Waals surface area contributed by atoms with Crippen molar-refractivity contribution in [2.24, 2.45) is 17.8 Å². The first-order valence-corrected chi connectivity index (χ1v) is 7.42. The van der Waals surface area contributed by atoms with Gasteiger partial charge in [0, 0.05) is 5.92 Å². The predicted octanol–water partition coefficient (Wildman–Crippen LogP) is 1.04. The molecule has 0 saturated carbocycles. The van der Waals surface area contributed by atoms with E-state index in [1.807, 2.05) is 19.1 Å². The van der Waals surface area contributed by atoms with E-state index in [1.54, 1.807) is 6.92 Å². The Morgan fingerprint density at radius 1 is 1.48 bits per heavy atom. The lowest BCUT2D eigenvalue weighted by molar-refractivity contribution is -0.278. The molecular weight excluding hydrogens is 276 g/mol. The Hall–Kier alpha value is -1.40. The summed E-state index contributed by atoms with van der Waals surface area (Å²) in [7, 11) is 0. The van der Waals surface area contributed by atoms with E-state index >= 15 is 0 Å². The number of carbonyl (C=O) groups is 2. The fraction of sp³-hybridized carbons (Fsp3) is 0.733. The normalized spacial score (nSPS) is 41.7. The molecule has 6 nitrogen and oxygen atoms in total. The lowest BCUT2D eigenvalue weighted by atomic mass is 9.70. The molecule has 6 atom stereocenters. The molecule has 0 radical (unpaired) electrons. The van der Waals surface area contributed by atoms with Crippen LogP contribution in [0.5, 0.6) is 0 Å². The highest BCUT2D eigenvalue weighted by atomic mass is 16.7. The maximum atomic E-state index is 12.3. The first kappa shape index (κ1) is 14.5. The van der Waals surface area contributed by atoms with Crippen molar-refractivity contribution in [1.82, 2.24) is 0 Å². The highest BCUT2D eigenvalue weighted by Crippen LogP contribution is 2.41. The van der Waals surface area contributed by atoms with Crippen LogP contribution in [0.15, 0.2) is 12.2 Å². The third kappa shape index (κ3) is 2.58. The van der Waals surface area contributed by atoms with Gasteiger partial charge in [0.15, 0.2) is 12.4 Å². The molecule has 0 aromatic heterocycles. The average molecular weight is 296 g/mol. The van der Waals surface area contributed by atoms with Crippen molar-refractivity contribution in [2.45, 2.75) is 38.8 Å². The van der Waals surface area contributed by atoms with Crippen LogP contribution in [0.2, 0.25) is 0 Å². The fourth-order valence-electron chi connectivity index (χ4n) is 3.39. The van der Waals surface area contributed by atoms with Crippen molar-refractivity contribution in [1.29, 1.82) is 0 Å². The Kier molecular flexibility index (Phi) is 3.99. The number of hydrogen-bond acceptors (Lipinski definition) is 6. The third-order valence-electron chi connectivity index (χ3n) is 4.32. The minimum Gasteiger partial charge on any atom is -0.466 e. The largest absolute Gasteiger partial charge is 0.466 e. The van der Waals surface area contributed by atoms with Gasteiger partial charge >= 0.3 is 11.9 Å². The van der Waals surface area contributed by atoms with Crippen molar-refractivity contribution in [3.63, 3.8) is 0 Å². The van der Waals surface area contributed by atoms with Gasteiger partial charge < -0.3 is 18.9 Å². The first-order chi connectivity index (χ1) is 10.1. The zero-order chi connectivity index (χ0) is 15.0. The fourth-order valence-corrected chi connectivity index (χ4v) is 3.39. The van der Waals surface area contributed by atoms with Gasteiger partial charge in [-0.1, -0.05) is 12.2 Å². The zero-order valence-corrected chi connectivity index (χ0v) is 12.2. The van der Waals surface area contributed by atoms with Crippen molar-refractivity contribution >= 4 is 11.9 Å². The molecule has 0 N–H and O–H groups in total. The van der Waals surface area contributed by atoms with Gasteiger partial charge in [0.2, 0.25) is 0 Å². The Morgan fingerprint density at radius 2 is 2.29 bits per heavy atom. The summed E-state index contributed by atoms with van der Waals surface area (Å²) in [6, 6.07) is 0. The van der Waals surface area contributed by atoms with E-state index in [9.17, 15) is 9.59 Å². The predicted molar refractivity (Wildman–Crippen MR) is 71.0 cm³/mol. The zero-order valence-electron chi connectivity index (χ0n) is 12.2. The van der Waals surface area contributed by atoms with Gasteiger partial charge in [0.25, 0.3) is 0 Å². The number of allylic oxidation sites excluding steroid dienone is 1. The van der Waals surface area contributed by atoms with Gasteiger partial charge in [0.05, 0.1) is 25.0 Å². The van der Waals surface area contributed by atoms with Crippen LogP contribution in [0, 0.1) is 17.8 Å². The Labute approximate surface area is 123 Å². The highest BCUT2D eigenvalue weighted by Gasteiger charge is 2.53. The molecule has 0 spiro atoms. The Balaban J connectivity index is 1.85. The molecule has 3 rings (SSSR count). The number of hydrogen-bond donors (Lipinski definition) is 0. The van der Waals surface area contributed by atoms with E-state index in [4.69, 9.17) is 18.9 Å². The van der Waals surface area contributed by atoms with Crippen molar-refractivity contribution < 1.29 is 28.5 Å². The van der Waals surface area contributed by atoms with Gasteiger partial charge in [-0.25, -0.2) is 0 Å². The van der Waals surface area contributed by atoms with Crippen LogP contribution in [0.4, 0.5) is 0 Å². The summed E-state index contributed by atoms with van der Waals surface area (Å²) in [6.45, 7) is 4.21. The number of esters is 2. The van der Waals surface area contributed by atoms with Gasteiger partial charge in [0.1, 0.15) is 6.10 Å². The Bertz CT molecular complexity index is 459. The van der Waals surface area contributed by atoms with Gasteiger partial charge in [-0.2, -0.15) is 0 Å². The minimum atomic E-state index is -0.527. The van der Waals surface area contributed by atoms with E-state index in [0.717, 1.165) is 0 Å². The average Bonchev–Trinajstić information content (AvgIpc) is 2.48. The maximum Gasteiger partial charge on any atom is 0.310 e. The van der Waals surface area contributed by atoms with Crippen LogP contribution in [0.1, 0.15) is 20.3 Å². The first-order valence-electron chi connectivity index (χ1n) is 7.42. The summed E-state index contributed by atoms with van der Waals surface area (Å²) >= 11 is 0. The molecule has 2 saturated heterocycles. The molecule has 2 heterocycles. The summed E-state index contributed by atoms with van der Waals surface area (Å²) in [5.41, 5.74) is 0. The summed E-state index contributed by atoms with van der Waals surface area (Å²) in [4.78, 5) is 24.4. The monoisotopic (exact) mass is 296 g/mol. The van der Waals surface area contributed by atoms with E-state index in [0.29, 0.717) is 19.6 Å². The molecule has 3 aliphatic rings. The van der Waals surface area contributed by atoms with Crippen LogP contribution in [0.25, 0.3) is 0 Å². The second kappa shape index (κ2) is 5.77. The second-order valence-electron chi connectivity index (χ2n) is 5.60. The molecule has 0 aromatic rings. The summed E-state index contributed by atoms with van der Waals surface area (Å²) in [6.07, 6.45) is 3.40. The van der Waals surface area contributed by atoms with Crippen LogP contribution >= 0.6 is 0 Å². The Morgan fingerprint density at radius 3 is 3.05 bits per heavy atom. The molecule has 0 aromatic carbocycles. The molecule has 0 unspecified atom stereocenters. The van der Waals surface area contributed by atoms with Gasteiger partial charge in [-0.3, -0.25) is 9.59 Å². The number of rotatable bonds is 2. The SMILES string of the molecule is CCOC(=O)[C@H]1CC=C[C@H]2[C@@H]3O[C@H](C)OC[C@H]3OC(=O)[C@H]21. The van der Waals surface area contributed by atoms with Crippen molar-refractivity contribution in [3.8, 4) is 0 Å². The van der Waals surface area contributed by atoms with Crippen LogP contribution in [0.3, 0.4) is 0 Å². The lowest BCUT2D eigenvalue weighted by Crippen LogP contribution is -2.58. The van der Waals surface area contributed by atoms with Crippen LogP contribution < -0.4 is 0 Å². The molecule has 6 heteroatoms. The number of carbonyl (C=O) groups excluding carboxylic acids is 2. The van der Waals surface area contributed by atoms with E-state index in [1.165, 1.54) is 0 Å². The minimum absolute atomic E-state index is 0.161. The standard InChI is InChI=1S/C15H20O6/c1-3-18-14(16)10-6-4-5-9-12(10)15(17)21-11-7-19-8(2)20-13(9)11/h4-5,8-13H,3,6-7H2,1-2H3/t8-,9-,10+,11-,12-,13+/m1/s1. The van der Waals surface area contributed by atoms with Crippen molar-refractivity contribution in [3.05, 3.63) is 12.2 Å². The summed E-state index contributed by atoms with van der Waals surface area (Å²) in [5, 5.41) is 0. The topological polar surface area (TPSA) is 71.1 Å². The second-order valence-corrected chi connectivity index (χ2v) is 5.60. The molecule has 2 fully saturated rings. The van der Waals surface area contributed by atoms with Crippen LogP contribution in [-0.2, 0) is 28.5 Å². The molecule has 0 bridgehead atoms. The van der Waals surface area contributed by atoms with Crippen molar-refractivity contribution in [2.75, 3.05) is 13.2 Å². The quantitative estimate of drug-likeness (QED) is 0.560. The molecule has 116 valence electrons. The molecule has 21 heavy (non-hydrogen) atoms. The van der Waals surface area contributed by atoms with Gasteiger partial charge in [-0.05, 0) is 20.3 Å².